The van der Waals surface area contributed by atoms with Gasteiger partial charge in [0.2, 0.25) is 5.95 Å². The molecule has 3 N–H and O–H groups in total. The molecule has 8 nitrogen and oxygen atoms in total. The fourth-order valence-corrected chi connectivity index (χ4v) is 3.78. The number of nitrogen functional groups attached to an aromatic ring is 1. The predicted molar refractivity (Wildman–Crippen MR) is 117 cm³/mol. The highest BCUT2D eigenvalue weighted by molar-refractivity contribution is 7.27. The van der Waals surface area contributed by atoms with Gasteiger partial charge in [0.1, 0.15) is 23.0 Å². The maximum atomic E-state index is 9.17. The van der Waals surface area contributed by atoms with Gasteiger partial charge in [-0.1, -0.05) is 0 Å². The van der Waals surface area contributed by atoms with Crippen molar-refractivity contribution in [2.45, 2.75) is 13.5 Å². The van der Waals surface area contributed by atoms with E-state index in [1.807, 2.05) is 29.7 Å². The number of nitrogens with two attached hydrogens (primary N) is 1. The standard InChI is InChI=1S/C20H19N8P/c1-11-5-13(22)7-16(29)15(11)9-28-10-25-18-17(26-20(23-2)27-19(18)28)12-3-4-24-14(6-12)8-21/h3-7,10H,9,22,29H2,1-2H3,(H,23,26,27). The topological polar surface area (TPSA) is 118 Å². The van der Waals surface area contributed by atoms with Gasteiger partial charge in [-0.3, -0.25) is 0 Å². The van der Waals surface area contributed by atoms with Gasteiger partial charge in [0.15, 0.2) is 5.65 Å². The third-order valence-corrected chi connectivity index (χ3v) is 5.21. The average molecular weight is 402 g/mol. The summed E-state index contributed by atoms with van der Waals surface area (Å²) in [4.78, 5) is 17.8. The van der Waals surface area contributed by atoms with Crippen LogP contribution in [-0.2, 0) is 6.54 Å². The first-order valence-electron chi connectivity index (χ1n) is 8.91. The number of pyridine rings is 1. The highest BCUT2D eigenvalue weighted by Crippen LogP contribution is 2.27. The number of hydrogen-bond donors (Lipinski definition) is 2. The Balaban J connectivity index is 1.88. The summed E-state index contributed by atoms with van der Waals surface area (Å²) in [6.07, 6.45) is 3.35. The van der Waals surface area contributed by atoms with E-state index in [1.54, 1.807) is 25.6 Å². The first-order valence-corrected chi connectivity index (χ1v) is 9.49. The molecule has 0 aliphatic carbocycles. The van der Waals surface area contributed by atoms with Crippen molar-refractivity contribution < 1.29 is 0 Å². The highest BCUT2D eigenvalue weighted by atomic mass is 31.0. The second-order valence-electron chi connectivity index (χ2n) is 6.64. The molecule has 0 radical (unpaired) electrons. The van der Waals surface area contributed by atoms with E-state index in [-0.39, 0.29) is 0 Å². The van der Waals surface area contributed by atoms with E-state index in [1.165, 1.54) is 0 Å². The fourth-order valence-electron chi connectivity index (χ4n) is 3.27. The van der Waals surface area contributed by atoms with E-state index in [0.29, 0.717) is 35.0 Å². The van der Waals surface area contributed by atoms with Gasteiger partial charge in [-0.15, -0.1) is 9.24 Å². The lowest BCUT2D eigenvalue weighted by Gasteiger charge is -2.12. The molecule has 3 aromatic heterocycles. The summed E-state index contributed by atoms with van der Waals surface area (Å²) in [6.45, 7) is 2.64. The van der Waals surface area contributed by atoms with Crippen LogP contribution in [0, 0.1) is 18.3 Å². The van der Waals surface area contributed by atoms with E-state index < -0.39 is 0 Å². The maximum absolute atomic E-state index is 9.17. The molecule has 1 unspecified atom stereocenters. The molecule has 1 aromatic carbocycles. The molecule has 4 aromatic rings. The Kier molecular flexibility index (Phi) is 4.83. The highest BCUT2D eigenvalue weighted by Gasteiger charge is 2.16. The van der Waals surface area contributed by atoms with E-state index in [9.17, 15) is 5.26 Å². The normalized spacial score (nSPS) is 10.8. The van der Waals surface area contributed by atoms with Crippen LogP contribution in [0.4, 0.5) is 11.6 Å². The minimum Gasteiger partial charge on any atom is -0.399 e. The number of fused-ring (bicyclic) bond motifs is 1. The number of anilines is 2. The number of imidazole rings is 1. The minimum absolute atomic E-state index is 0.324. The van der Waals surface area contributed by atoms with Crippen molar-refractivity contribution in [2.24, 2.45) is 0 Å². The summed E-state index contributed by atoms with van der Waals surface area (Å²) in [5.74, 6) is 0.477. The molecular formula is C20H19N8P. The largest absolute Gasteiger partial charge is 0.399 e. The number of nitrogens with zero attached hydrogens (tertiary/aromatic N) is 6. The molecule has 3 heterocycles. The Morgan fingerprint density at radius 3 is 2.79 bits per heavy atom. The molecule has 9 heteroatoms. The van der Waals surface area contributed by atoms with E-state index in [2.05, 4.69) is 40.6 Å². The summed E-state index contributed by atoms with van der Waals surface area (Å²) in [6, 6.07) is 9.47. The van der Waals surface area contributed by atoms with Crippen LogP contribution < -0.4 is 16.4 Å². The third-order valence-electron chi connectivity index (χ3n) is 4.69. The average Bonchev–Trinajstić information content (AvgIpc) is 3.12. The Morgan fingerprint density at radius 2 is 2.07 bits per heavy atom. The summed E-state index contributed by atoms with van der Waals surface area (Å²) in [5, 5.41) is 13.2. The number of aryl methyl sites for hydroxylation is 1. The molecule has 144 valence electrons. The molecule has 0 aliphatic rings. The van der Waals surface area contributed by atoms with E-state index >= 15 is 0 Å². The number of aromatic nitrogens is 5. The molecule has 0 saturated carbocycles. The van der Waals surface area contributed by atoms with Gasteiger partial charge in [0, 0.05) is 24.5 Å². The van der Waals surface area contributed by atoms with Crippen LogP contribution in [0.25, 0.3) is 22.4 Å². The Labute approximate surface area is 170 Å². The van der Waals surface area contributed by atoms with E-state index in [0.717, 1.165) is 27.7 Å². The zero-order chi connectivity index (χ0) is 20.5. The van der Waals surface area contributed by atoms with Crippen molar-refractivity contribution in [3.63, 3.8) is 0 Å². The number of nitriles is 1. The number of hydrogen-bond acceptors (Lipinski definition) is 7. The Hall–Kier alpha value is -3.56. The first kappa shape index (κ1) is 18.8. The summed E-state index contributed by atoms with van der Waals surface area (Å²) in [5.41, 5.74) is 12.0. The Morgan fingerprint density at radius 1 is 1.24 bits per heavy atom. The molecule has 0 amide bonds. The van der Waals surface area contributed by atoms with Gasteiger partial charge >= 0.3 is 0 Å². The van der Waals surface area contributed by atoms with Gasteiger partial charge in [-0.25, -0.2) is 15.0 Å². The molecule has 0 spiro atoms. The van der Waals surface area contributed by atoms with Crippen molar-refractivity contribution in [3.05, 3.63) is 53.6 Å². The molecule has 0 bridgehead atoms. The molecule has 29 heavy (non-hydrogen) atoms. The van der Waals surface area contributed by atoms with Crippen molar-refractivity contribution in [2.75, 3.05) is 18.1 Å². The van der Waals surface area contributed by atoms with Crippen LogP contribution in [0.2, 0.25) is 0 Å². The van der Waals surface area contributed by atoms with Gasteiger partial charge in [-0.05, 0) is 47.6 Å². The van der Waals surface area contributed by atoms with Crippen LogP contribution in [0.3, 0.4) is 0 Å². The summed E-state index contributed by atoms with van der Waals surface area (Å²) in [7, 11) is 4.51. The van der Waals surface area contributed by atoms with Crippen LogP contribution in [0.15, 0.2) is 36.8 Å². The zero-order valence-electron chi connectivity index (χ0n) is 16.0. The van der Waals surface area contributed by atoms with Crippen LogP contribution in [0.1, 0.15) is 16.8 Å². The lowest BCUT2D eigenvalue weighted by atomic mass is 10.1. The maximum Gasteiger partial charge on any atom is 0.225 e. The molecular weight excluding hydrogens is 383 g/mol. The molecule has 1 atom stereocenters. The van der Waals surface area contributed by atoms with Crippen LogP contribution in [-0.4, -0.2) is 31.6 Å². The van der Waals surface area contributed by atoms with Gasteiger partial charge < -0.3 is 15.6 Å². The summed E-state index contributed by atoms with van der Waals surface area (Å²) < 4.78 is 1.99. The van der Waals surface area contributed by atoms with Crippen molar-refractivity contribution >= 4 is 37.3 Å². The second kappa shape index (κ2) is 7.46. The lowest BCUT2D eigenvalue weighted by Crippen LogP contribution is -2.11. The Bertz CT molecular complexity index is 1250. The number of rotatable bonds is 4. The zero-order valence-corrected chi connectivity index (χ0v) is 17.2. The molecule has 0 fully saturated rings. The van der Waals surface area contributed by atoms with Gasteiger partial charge in [0.05, 0.1) is 12.9 Å². The lowest BCUT2D eigenvalue weighted by molar-refractivity contribution is 0.812. The number of benzene rings is 1. The third kappa shape index (κ3) is 3.48. The van der Waals surface area contributed by atoms with Crippen molar-refractivity contribution in [1.82, 2.24) is 24.5 Å². The fraction of sp³-hybridized carbons (Fsp3) is 0.150. The van der Waals surface area contributed by atoms with E-state index in [4.69, 9.17) is 5.73 Å². The monoisotopic (exact) mass is 402 g/mol. The molecule has 4 rings (SSSR count). The quantitative estimate of drug-likeness (QED) is 0.397. The van der Waals surface area contributed by atoms with Crippen LogP contribution in [0.5, 0.6) is 0 Å². The summed E-state index contributed by atoms with van der Waals surface area (Å²) >= 11 is 0. The smallest absolute Gasteiger partial charge is 0.225 e. The van der Waals surface area contributed by atoms with Gasteiger partial charge in [-0.2, -0.15) is 10.2 Å². The predicted octanol–water partition coefficient (Wildman–Crippen LogP) is 2.24. The first-order chi connectivity index (χ1) is 14.0. The second-order valence-corrected chi connectivity index (χ2v) is 7.26. The molecule has 0 saturated heterocycles. The molecule has 0 aliphatic heterocycles. The van der Waals surface area contributed by atoms with Crippen molar-refractivity contribution in [1.29, 1.82) is 5.26 Å². The number of nitrogens with one attached hydrogen (secondary N) is 1. The minimum atomic E-state index is 0.324. The SMILES string of the molecule is CNc1nc(-c2ccnc(C#N)c2)c2ncn(Cc3c(C)cc(N)cc3P)c2n1. The van der Waals surface area contributed by atoms with Crippen molar-refractivity contribution in [3.8, 4) is 17.3 Å². The van der Waals surface area contributed by atoms with Crippen LogP contribution >= 0.6 is 9.24 Å². The van der Waals surface area contributed by atoms with Gasteiger partial charge in [0.25, 0.3) is 0 Å².